The van der Waals surface area contributed by atoms with Gasteiger partial charge in [-0.05, 0) is 24.3 Å². The van der Waals surface area contributed by atoms with Crippen LogP contribution in [0.25, 0.3) is 0 Å². The summed E-state index contributed by atoms with van der Waals surface area (Å²) in [5.74, 6) is -2.56. The average Bonchev–Trinajstić information content (AvgIpc) is 2.64. The van der Waals surface area contributed by atoms with E-state index < -0.39 is 17.5 Å². The molecule has 0 bridgehead atoms. The lowest BCUT2D eigenvalue weighted by Gasteiger charge is -2.26. The first-order valence-electron chi connectivity index (χ1n) is 7.64. The molecular formula is C17H15F2N3O3. The molecule has 2 heterocycles. The Bertz CT molecular complexity index is 807. The Morgan fingerprint density at radius 3 is 2.60 bits per heavy atom. The fraction of sp³-hybridized carbons (Fsp3) is 0.235. The second kappa shape index (κ2) is 7.35. The number of anilines is 1. The number of hydrogen-bond donors (Lipinski definition) is 1. The molecule has 0 atom stereocenters. The van der Waals surface area contributed by atoms with E-state index >= 15 is 0 Å². The first kappa shape index (κ1) is 17.0. The highest BCUT2D eigenvalue weighted by molar-refractivity contribution is 6.04. The van der Waals surface area contributed by atoms with Crippen LogP contribution in [0, 0.1) is 11.6 Å². The van der Waals surface area contributed by atoms with Crippen LogP contribution in [0.5, 0.6) is 0 Å². The minimum Gasteiger partial charge on any atom is -0.378 e. The second-order valence-electron chi connectivity index (χ2n) is 5.41. The maximum atomic E-state index is 13.6. The van der Waals surface area contributed by atoms with Gasteiger partial charge in [0.05, 0.1) is 18.9 Å². The molecule has 0 aliphatic carbocycles. The summed E-state index contributed by atoms with van der Waals surface area (Å²) < 4.78 is 31.7. The van der Waals surface area contributed by atoms with Crippen LogP contribution in [0.2, 0.25) is 0 Å². The van der Waals surface area contributed by atoms with Gasteiger partial charge in [-0.2, -0.15) is 0 Å². The van der Waals surface area contributed by atoms with E-state index in [-0.39, 0.29) is 17.3 Å². The Morgan fingerprint density at radius 1 is 1.12 bits per heavy atom. The third kappa shape index (κ3) is 3.97. The highest BCUT2D eigenvalue weighted by atomic mass is 19.1. The summed E-state index contributed by atoms with van der Waals surface area (Å²) in [7, 11) is 0. The topological polar surface area (TPSA) is 71.5 Å². The molecule has 1 aromatic heterocycles. The number of halogens is 2. The average molecular weight is 347 g/mol. The zero-order valence-electron chi connectivity index (χ0n) is 13.2. The van der Waals surface area contributed by atoms with E-state index in [1.165, 1.54) is 18.3 Å². The lowest BCUT2D eigenvalue weighted by molar-refractivity contribution is 0.0303. The number of rotatable bonds is 3. The monoisotopic (exact) mass is 347 g/mol. The van der Waals surface area contributed by atoms with Gasteiger partial charge in [0.1, 0.15) is 17.3 Å². The molecule has 1 aliphatic rings. The van der Waals surface area contributed by atoms with Gasteiger partial charge in [0.15, 0.2) is 0 Å². The Labute approximate surface area is 142 Å². The largest absolute Gasteiger partial charge is 0.378 e. The summed E-state index contributed by atoms with van der Waals surface area (Å²) in [4.78, 5) is 30.2. The van der Waals surface area contributed by atoms with Crippen molar-refractivity contribution in [1.29, 1.82) is 0 Å². The van der Waals surface area contributed by atoms with Gasteiger partial charge in [-0.3, -0.25) is 14.6 Å². The maximum Gasteiger partial charge on any atom is 0.274 e. The van der Waals surface area contributed by atoms with E-state index in [1.54, 1.807) is 4.90 Å². The maximum absolute atomic E-state index is 13.6. The second-order valence-corrected chi connectivity index (χ2v) is 5.41. The fourth-order valence-electron chi connectivity index (χ4n) is 2.41. The zero-order valence-corrected chi connectivity index (χ0v) is 13.2. The first-order valence-corrected chi connectivity index (χ1v) is 7.64. The molecule has 0 spiro atoms. The number of aromatic nitrogens is 1. The number of pyridine rings is 1. The Kier molecular flexibility index (Phi) is 4.99. The van der Waals surface area contributed by atoms with Crippen molar-refractivity contribution >= 4 is 17.5 Å². The lowest BCUT2D eigenvalue weighted by Crippen LogP contribution is -2.40. The summed E-state index contributed by atoms with van der Waals surface area (Å²) in [5.41, 5.74) is 0.0996. The highest BCUT2D eigenvalue weighted by Crippen LogP contribution is 2.16. The summed E-state index contributed by atoms with van der Waals surface area (Å²) >= 11 is 0. The van der Waals surface area contributed by atoms with E-state index in [2.05, 4.69) is 10.3 Å². The lowest BCUT2D eigenvalue weighted by atomic mass is 10.2. The third-order valence-corrected chi connectivity index (χ3v) is 3.72. The number of nitrogens with one attached hydrogen (secondary N) is 1. The van der Waals surface area contributed by atoms with Crippen molar-refractivity contribution in [3.8, 4) is 0 Å². The number of morpholine rings is 1. The van der Waals surface area contributed by atoms with Gasteiger partial charge in [-0.15, -0.1) is 0 Å². The van der Waals surface area contributed by atoms with Gasteiger partial charge in [0.2, 0.25) is 0 Å². The first-order chi connectivity index (χ1) is 12.0. The molecule has 25 heavy (non-hydrogen) atoms. The fourth-order valence-corrected chi connectivity index (χ4v) is 2.41. The van der Waals surface area contributed by atoms with Gasteiger partial charge < -0.3 is 15.0 Å². The third-order valence-electron chi connectivity index (χ3n) is 3.72. The highest BCUT2D eigenvalue weighted by Gasteiger charge is 2.20. The summed E-state index contributed by atoms with van der Waals surface area (Å²) in [6.45, 7) is 1.88. The molecule has 130 valence electrons. The molecular weight excluding hydrogens is 332 g/mol. The van der Waals surface area contributed by atoms with Crippen LogP contribution in [-0.4, -0.2) is 48.0 Å². The van der Waals surface area contributed by atoms with E-state index in [4.69, 9.17) is 4.74 Å². The molecule has 2 amide bonds. The van der Waals surface area contributed by atoms with Crippen molar-refractivity contribution in [2.24, 2.45) is 0 Å². The van der Waals surface area contributed by atoms with Crippen LogP contribution in [0.1, 0.15) is 20.8 Å². The predicted molar refractivity (Wildman–Crippen MR) is 85.3 cm³/mol. The Morgan fingerprint density at radius 2 is 1.88 bits per heavy atom. The molecule has 2 aromatic rings. The van der Waals surface area contributed by atoms with Crippen LogP contribution in [0.4, 0.5) is 14.5 Å². The quantitative estimate of drug-likeness (QED) is 0.923. The number of carbonyl (C=O) groups excluding carboxylic acids is 2. The SMILES string of the molecule is O=C(Nc1ccc(F)cc1F)c1cc(C(=O)N2CCOCC2)ccn1. The normalized spacial score (nSPS) is 14.2. The van der Waals surface area contributed by atoms with Gasteiger partial charge >= 0.3 is 0 Å². The molecule has 0 radical (unpaired) electrons. The van der Waals surface area contributed by atoms with Crippen LogP contribution in [-0.2, 0) is 4.74 Å². The molecule has 1 saturated heterocycles. The van der Waals surface area contributed by atoms with Gasteiger partial charge in [0, 0.05) is 30.9 Å². The number of nitrogens with zero attached hydrogens (tertiary/aromatic N) is 2. The van der Waals surface area contributed by atoms with Crippen molar-refractivity contribution in [1.82, 2.24) is 9.88 Å². The van der Waals surface area contributed by atoms with Gasteiger partial charge in [-0.1, -0.05) is 0 Å². The van der Waals surface area contributed by atoms with E-state index in [9.17, 15) is 18.4 Å². The van der Waals surface area contributed by atoms with Gasteiger partial charge in [-0.25, -0.2) is 8.78 Å². The summed E-state index contributed by atoms with van der Waals surface area (Å²) in [6, 6.07) is 5.67. The van der Waals surface area contributed by atoms with E-state index in [1.807, 2.05) is 0 Å². The van der Waals surface area contributed by atoms with Crippen molar-refractivity contribution < 1.29 is 23.1 Å². The van der Waals surface area contributed by atoms with Gasteiger partial charge in [0.25, 0.3) is 11.8 Å². The molecule has 8 heteroatoms. The summed E-state index contributed by atoms with van der Waals surface area (Å²) in [6.07, 6.45) is 1.34. The standard InChI is InChI=1S/C17H15F2N3O3/c18-12-1-2-14(13(19)10-12)21-16(23)15-9-11(3-4-20-15)17(24)22-5-7-25-8-6-22/h1-4,9-10H,5-8H2,(H,21,23). The van der Waals surface area contributed by atoms with Crippen molar-refractivity contribution in [2.45, 2.75) is 0 Å². The molecule has 1 fully saturated rings. The minimum atomic E-state index is -0.895. The van der Waals surface area contributed by atoms with Crippen LogP contribution in [0.3, 0.4) is 0 Å². The van der Waals surface area contributed by atoms with Crippen molar-refractivity contribution in [3.05, 3.63) is 59.4 Å². The molecule has 0 saturated carbocycles. The Hall–Kier alpha value is -2.87. The van der Waals surface area contributed by atoms with E-state index in [0.29, 0.717) is 37.9 Å². The molecule has 6 nitrogen and oxygen atoms in total. The zero-order chi connectivity index (χ0) is 17.8. The number of amides is 2. The number of carbonyl (C=O) groups is 2. The van der Waals surface area contributed by atoms with E-state index in [0.717, 1.165) is 12.1 Å². The van der Waals surface area contributed by atoms with Crippen LogP contribution in [0.15, 0.2) is 36.5 Å². The number of benzene rings is 1. The minimum absolute atomic E-state index is 0.0390. The van der Waals surface area contributed by atoms with Crippen LogP contribution >= 0.6 is 0 Å². The summed E-state index contributed by atoms with van der Waals surface area (Å²) in [5, 5.41) is 2.31. The Balaban J connectivity index is 1.76. The van der Waals surface area contributed by atoms with Crippen molar-refractivity contribution in [2.75, 3.05) is 31.6 Å². The molecule has 1 aliphatic heterocycles. The number of hydrogen-bond acceptors (Lipinski definition) is 4. The smallest absolute Gasteiger partial charge is 0.274 e. The van der Waals surface area contributed by atoms with Crippen molar-refractivity contribution in [3.63, 3.8) is 0 Å². The molecule has 1 aromatic carbocycles. The molecule has 3 rings (SSSR count). The number of ether oxygens (including phenoxy) is 1. The molecule has 1 N–H and O–H groups in total. The predicted octanol–water partition coefficient (Wildman–Crippen LogP) is 2.08. The van der Waals surface area contributed by atoms with Crippen LogP contribution < -0.4 is 5.32 Å². The molecule has 0 unspecified atom stereocenters.